The molecule has 1 aromatic carbocycles. The number of benzene rings is 1. The van der Waals surface area contributed by atoms with Crippen LogP contribution in [0.4, 0.5) is 0 Å². The van der Waals surface area contributed by atoms with E-state index in [0.717, 1.165) is 16.5 Å². The summed E-state index contributed by atoms with van der Waals surface area (Å²) in [4.78, 5) is 61.4. The minimum absolute atomic E-state index is 0.125. The van der Waals surface area contributed by atoms with Gasteiger partial charge >= 0.3 is 11.9 Å². The van der Waals surface area contributed by atoms with Crippen LogP contribution in [0.1, 0.15) is 18.4 Å². The molecule has 0 saturated carbocycles. The Morgan fingerprint density at radius 2 is 1.69 bits per heavy atom. The van der Waals surface area contributed by atoms with Crippen molar-refractivity contribution in [1.82, 2.24) is 20.9 Å². The van der Waals surface area contributed by atoms with Gasteiger partial charge in [-0.2, -0.15) is 0 Å². The van der Waals surface area contributed by atoms with Gasteiger partial charge in [-0.1, -0.05) is 18.2 Å². The second-order valence-corrected chi connectivity index (χ2v) is 7.00. The van der Waals surface area contributed by atoms with Crippen LogP contribution in [-0.2, 0) is 30.4 Å². The smallest absolute Gasteiger partial charge is 0.326 e. The minimum atomic E-state index is -1.41. The third-order valence-corrected chi connectivity index (χ3v) is 4.64. The van der Waals surface area contributed by atoms with E-state index < -0.39 is 54.7 Å². The number of carbonyl (C=O) groups excluding carboxylic acids is 3. The molecule has 0 fully saturated rings. The number of H-pyrrole nitrogens is 1. The van der Waals surface area contributed by atoms with Gasteiger partial charge in [-0.3, -0.25) is 19.2 Å². The first-order valence-electron chi connectivity index (χ1n) is 9.77. The summed E-state index contributed by atoms with van der Waals surface area (Å²) < 4.78 is 0. The largest absolute Gasteiger partial charge is 0.481 e. The lowest BCUT2D eigenvalue weighted by atomic mass is 10.0. The Hall–Kier alpha value is -3.93. The van der Waals surface area contributed by atoms with Gasteiger partial charge in [0.2, 0.25) is 17.7 Å². The molecule has 0 aliphatic heterocycles. The fourth-order valence-corrected chi connectivity index (χ4v) is 3.04. The van der Waals surface area contributed by atoms with E-state index in [1.165, 1.54) is 0 Å². The Balaban J connectivity index is 2.01. The molecule has 1 heterocycles. The molecule has 0 aliphatic rings. The molecular formula is C20H25N5O7. The second-order valence-electron chi connectivity index (χ2n) is 7.00. The molecule has 0 bridgehead atoms. The minimum Gasteiger partial charge on any atom is -0.481 e. The van der Waals surface area contributed by atoms with Crippen LogP contribution in [0.3, 0.4) is 0 Å². The fraction of sp³-hybridized carbons (Fsp3) is 0.350. The number of aromatic amines is 1. The predicted molar refractivity (Wildman–Crippen MR) is 112 cm³/mol. The van der Waals surface area contributed by atoms with E-state index in [1.807, 2.05) is 24.3 Å². The highest BCUT2D eigenvalue weighted by Crippen LogP contribution is 2.19. The first-order chi connectivity index (χ1) is 15.2. The zero-order valence-corrected chi connectivity index (χ0v) is 17.1. The number of hydrogen-bond donors (Lipinski definition) is 7. The average Bonchev–Trinajstić information content (AvgIpc) is 3.16. The molecule has 3 amide bonds. The van der Waals surface area contributed by atoms with Crippen molar-refractivity contribution < 1.29 is 34.2 Å². The van der Waals surface area contributed by atoms with Gasteiger partial charge in [0.1, 0.15) is 12.1 Å². The lowest BCUT2D eigenvalue weighted by Gasteiger charge is -2.19. The van der Waals surface area contributed by atoms with Crippen LogP contribution in [0, 0.1) is 0 Å². The number of aliphatic carboxylic acids is 2. The zero-order valence-electron chi connectivity index (χ0n) is 17.1. The molecule has 0 saturated heterocycles. The summed E-state index contributed by atoms with van der Waals surface area (Å²) in [7, 11) is 0. The van der Waals surface area contributed by atoms with Crippen molar-refractivity contribution in [3.8, 4) is 0 Å². The maximum absolute atomic E-state index is 12.6. The Morgan fingerprint density at radius 3 is 2.34 bits per heavy atom. The van der Waals surface area contributed by atoms with Crippen molar-refractivity contribution in [2.24, 2.45) is 5.73 Å². The normalized spacial score (nSPS) is 12.5. The highest BCUT2D eigenvalue weighted by atomic mass is 16.4. The van der Waals surface area contributed by atoms with Crippen LogP contribution in [0.2, 0.25) is 0 Å². The Bertz CT molecular complexity index is 1000. The first kappa shape index (κ1) is 24.3. The van der Waals surface area contributed by atoms with Gasteiger partial charge < -0.3 is 36.9 Å². The third kappa shape index (κ3) is 7.09. The number of nitrogens with one attached hydrogen (secondary N) is 4. The molecule has 12 heteroatoms. The van der Waals surface area contributed by atoms with E-state index in [2.05, 4.69) is 20.9 Å². The van der Waals surface area contributed by atoms with E-state index in [9.17, 15) is 24.0 Å². The topological polar surface area (TPSA) is 204 Å². The van der Waals surface area contributed by atoms with Crippen molar-refractivity contribution >= 4 is 40.6 Å². The number of nitrogens with two attached hydrogens (primary N) is 1. The Kier molecular flexibility index (Phi) is 8.72. The summed E-state index contributed by atoms with van der Waals surface area (Å²) in [6.07, 6.45) is 1.09. The molecule has 2 rings (SSSR count). The SMILES string of the molecule is NCC(=O)NC(Cc1c[nH]c2ccccc12)C(=O)NCC(=O)NC(CCC(=O)O)C(=O)O. The number of amides is 3. The molecule has 8 N–H and O–H groups in total. The molecule has 32 heavy (non-hydrogen) atoms. The average molecular weight is 447 g/mol. The molecule has 0 spiro atoms. The van der Waals surface area contributed by atoms with E-state index >= 15 is 0 Å². The second kappa shape index (κ2) is 11.5. The number of carboxylic acids is 2. The number of aromatic nitrogens is 1. The van der Waals surface area contributed by atoms with E-state index in [4.69, 9.17) is 15.9 Å². The maximum atomic E-state index is 12.6. The maximum Gasteiger partial charge on any atom is 0.326 e. The first-order valence-corrected chi connectivity index (χ1v) is 9.77. The number of rotatable bonds is 12. The highest BCUT2D eigenvalue weighted by Gasteiger charge is 2.24. The van der Waals surface area contributed by atoms with Crippen molar-refractivity contribution in [3.63, 3.8) is 0 Å². The third-order valence-electron chi connectivity index (χ3n) is 4.64. The molecule has 172 valence electrons. The van der Waals surface area contributed by atoms with E-state index in [0.29, 0.717) is 0 Å². The molecule has 0 aliphatic carbocycles. The highest BCUT2D eigenvalue weighted by molar-refractivity contribution is 5.93. The Labute approximate surface area is 182 Å². The fourth-order valence-electron chi connectivity index (χ4n) is 3.04. The number of carbonyl (C=O) groups is 5. The summed E-state index contributed by atoms with van der Waals surface area (Å²) >= 11 is 0. The molecule has 12 nitrogen and oxygen atoms in total. The molecule has 0 radical (unpaired) electrons. The van der Waals surface area contributed by atoms with Crippen LogP contribution in [0.15, 0.2) is 30.5 Å². The number of carboxylic acid groups (broad SMARTS) is 2. The van der Waals surface area contributed by atoms with Gasteiger partial charge in [0.05, 0.1) is 13.1 Å². The summed E-state index contributed by atoms with van der Waals surface area (Å²) in [6.45, 7) is -0.888. The summed E-state index contributed by atoms with van der Waals surface area (Å²) in [5.41, 5.74) is 6.95. The van der Waals surface area contributed by atoms with Crippen LogP contribution in [-0.4, -0.2) is 70.0 Å². The van der Waals surface area contributed by atoms with Crippen molar-refractivity contribution in [1.29, 1.82) is 0 Å². The molecule has 2 unspecified atom stereocenters. The molecule has 2 aromatic rings. The standard InChI is InChI=1S/C20H25N5O7/c21-8-16(26)25-15(7-11-9-22-13-4-2-1-3-12(11)13)19(30)23-10-17(27)24-14(20(31)32)5-6-18(28)29/h1-4,9,14-15,22H,5-8,10,21H2,(H,23,30)(H,24,27)(H,25,26)(H,28,29)(H,31,32). The van der Waals surface area contributed by atoms with Gasteiger partial charge in [-0.05, 0) is 18.1 Å². The zero-order chi connectivity index (χ0) is 23.7. The quantitative estimate of drug-likeness (QED) is 0.208. The van der Waals surface area contributed by atoms with Crippen LogP contribution in [0.5, 0.6) is 0 Å². The van der Waals surface area contributed by atoms with E-state index in [1.54, 1.807) is 6.20 Å². The van der Waals surface area contributed by atoms with Crippen molar-refractivity contribution in [2.45, 2.75) is 31.3 Å². The van der Waals surface area contributed by atoms with Crippen LogP contribution < -0.4 is 21.7 Å². The lowest BCUT2D eigenvalue weighted by molar-refractivity contribution is -0.143. The van der Waals surface area contributed by atoms with E-state index in [-0.39, 0.29) is 19.4 Å². The number of para-hydroxylation sites is 1. The Morgan fingerprint density at radius 1 is 1.00 bits per heavy atom. The summed E-state index contributed by atoms with van der Waals surface area (Å²) in [5.74, 6) is -4.63. The van der Waals surface area contributed by atoms with Gasteiger partial charge in [-0.15, -0.1) is 0 Å². The van der Waals surface area contributed by atoms with Gasteiger partial charge in [0.25, 0.3) is 0 Å². The summed E-state index contributed by atoms with van der Waals surface area (Å²) in [6, 6.07) is 4.97. The van der Waals surface area contributed by atoms with Gasteiger partial charge in [-0.25, -0.2) is 4.79 Å². The number of fused-ring (bicyclic) bond motifs is 1. The van der Waals surface area contributed by atoms with Crippen molar-refractivity contribution in [2.75, 3.05) is 13.1 Å². The molecular weight excluding hydrogens is 422 g/mol. The predicted octanol–water partition coefficient (Wildman–Crippen LogP) is -1.30. The van der Waals surface area contributed by atoms with Crippen molar-refractivity contribution in [3.05, 3.63) is 36.0 Å². The summed E-state index contributed by atoms with van der Waals surface area (Å²) in [5, 5.41) is 25.7. The monoisotopic (exact) mass is 447 g/mol. The number of hydrogen-bond acceptors (Lipinski definition) is 6. The van der Waals surface area contributed by atoms with Gasteiger partial charge in [0.15, 0.2) is 0 Å². The van der Waals surface area contributed by atoms with Gasteiger partial charge in [0, 0.05) is 29.9 Å². The van der Waals surface area contributed by atoms with Crippen LogP contribution >= 0.6 is 0 Å². The lowest BCUT2D eigenvalue weighted by Crippen LogP contribution is -2.52. The van der Waals surface area contributed by atoms with Crippen LogP contribution in [0.25, 0.3) is 10.9 Å². The molecule has 2 atom stereocenters. The molecule has 1 aromatic heterocycles.